The first kappa shape index (κ1) is 19.3. The number of benzene rings is 2. The molecule has 0 aliphatic rings. The van der Waals surface area contributed by atoms with E-state index in [0.717, 1.165) is 3.57 Å². The van der Waals surface area contributed by atoms with Gasteiger partial charge in [0, 0.05) is 3.57 Å². The number of hydrogen-bond donors (Lipinski definition) is 2. The van der Waals surface area contributed by atoms with Crippen LogP contribution < -0.4 is 10.0 Å². The lowest BCUT2D eigenvalue weighted by Crippen LogP contribution is -2.22. The number of anilines is 1. The minimum Gasteiger partial charge on any atom is -0.452 e. The minimum atomic E-state index is -3.67. The van der Waals surface area contributed by atoms with Crippen LogP contribution in [0.5, 0.6) is 0 Å². The van der Waals surface area contributed by atoms with E-state index < -0.39 is 28.5 Å². The molecule has 0 saturated carbocycles. The average molecular weight is 474 g/mol. The molecule has 0 aromatic heterocycles. The summed E-state index contributed by atoms with van der Waals surface area (Å²) in [4.78, 5) is 23.8. The van der Waals surface area contributed by atoms with Gasteiger partial charge in [0.25, 0.3) is 5.91 Å². The maximum absolute atomic E-state index is 12.0. The minimum absolute atomic E-state index is 0.0402. The molecule has 2 rings (SSSR count). The van der Waals surface area contributed by atoms with E-state index in [9.17, 15) is 18.0 Å². The number of ether oxygens (including phenoxy) is 1. The van der Waals surface area contributed by atoms with Gasteiger partial charge < -0.3 is 10.1 Å². The Hall–Kier alpha value is -1.98. The van der Waals surface area contributed by atoms with Gasteiger partial charge in [-0.05, 0) is 60.0 Å². The van der Waals surface area contributed by atoms with Crippen LogP contribution in [0.25, 0.3) is 0 Å². The second-order valence-corrected chi connectivity index (χ2v) is 7.89. The van der Waals surface area contributed by atoms with E-state index in [-0.39, 0.29) is 10.5 Å². The lowest BCUT2D eigenvalue weighted by atomic mass is 10.2. The van der Waals surface area contributed by atoms with E-state index in [4.69, 9.17) is 4.74 Å². The summed E-state index contributed by atoms with van der Waals surface area (Å²) >= 11 is 2.07. The Bertz CT molecular complexity index is 899. The number of rotatable bonds is 6. The van der Waals surface area contributed by atoms with Gasteiger partial charge in [0.2, 0.25) is 10.0 Å². The summed E-state index contributed by atoms with van der Waals surface area (Å²) in [7, 11) is -2.40. The van der Waals surface area contributed by atoms with E-state index in [1.807, 2.05) is 12.1 Å². The van der Waals surface area contributed by atoms with Crippen LogP contribution in [0, 0.1) is 3.57 Å². The van der Waals surface area contributed by atoms with Crippen LogP contribution >= 0.6 is 22.6 Å². The standard InChI is InChI=1S/C16H15IN2O5S/c1-18-25(22,23)12-6-4-5-11(9-12)16(21)24-10-15(20)19-14-8-3-2-7-13(14)17/h2-9,18H,10H2,1H3,(H,19,20). The number of sulfonamides is 1. The first-order valence-corrected chi connectivity index (χ1v) is 9.65. The second kappa shape index (κ2) is 8.41. The highest BCUT2D eigenvalue weighted by Gasteiger charge is 2.16. The Balaban J connectivity index is 2.00. The fourth-order valence-corrected chi connectivity index (χ4v) is 3.17. The van der Waals surface area contributed by atoms with Gasteiger partial charge in [-0.15, -0.1) is 0 Å². The third kappa shape index (κ3) is 5.25. The Labute approximate surface area is 159 Å². The molecule has 2 aromatic rings. The first-order chi connectivity index (χ1) is 11.8. The van der Waals surface area contributed by atoms with Crippen molar-refractivity contribution in [1.29, 1.82) is 0 Å². The maximum Gasteiger partial charge on any atom is 0.338 e. The zero-order valence-corrected chi connectivity index (χ0v) is 16.1. The highest BCUT2D eigenvalue weighted by atomic mass is 127. The number of carbonyl (C=O) groups is 2. The van der Waals surface area contributed by atoms with E-state index in [0.29, 0.717) is 5.69 Å². The van der Waals surface area contributed by atoms with Crippen LogP contribution in [0.4, 0.5) is 5.69 Å². The van der Waals surface area contributed by atoms with Gasteiger partial charge in [-0.3, -0.25) is 4.79 Å². The monoisotopic (exact) mass is 474 g/mol. The van der Waals surface area contributed by atoms with Crippen molar-refractivity contribution in [1.82, 2.24) is 4.72 Å². The number of halogens is 1. The molecule has 0 heterocycles. The van der Waals surface area contributed by atoms with Gasteiger partial charge in [0.1, 0.15) is 0 Å². The number of carbonyl (C=O) groups excluding carboxylic acids is 2. The Morgan fingerprint density at radius 3 is 2.52 bits per heavy atom. The molecule has 2 aromatic carbocycles. The lowest BCUT2D eigenvalue weighted by Gasteiger charge is -2.09. The lowest BCUT2D eigenvalue weighted by molar-refractivity contribution is -0.119. The van der Waals surface area contributed by atoms with Gasteiger partial charge in [-0.25, -0.2) is 17.9 Å². The van der Waals surface area contributed by atoms with Gasteiger partial charge in [0.15, 0.2) is 6.61 Å². The molecular weight excluding hydrogens is 459 g/mol. The molecule has 0 fully saturated rings. The van der Waals surface area contributed by atoms with Gasteiger partial charge >= 0.3 is 5.97 Å². The topological polar surface area (TPSA) is 102 Å². The summed E-state index contributed by atoms with van der Waals surface area (Å²) in [5, 5.41) is 2.63. The average Bonchev–Trinajstić information content (AvgIpc) is 2.61. The maximum atomic E-state index is 12.0. The van der Waals surface area contributed by atoms with Crippen molar-refractivity contribution in [3.05, 3.63) is 57.7 Å². The smallest absolute Gasteiger partial charge is 0.338 e. The van der Waals surface area contributed by atoms with Crippen molar-refractivity contribution < 1.29 is 22.7 Å². The van der Waals surface area contributed by atoms with Crippen molar-refractivity contribution in [2.24, 2.45) is 0 Å². The predicted octanol–water partition coefficient (Wildman–Crippen LogP) is 1.99. The molecule has 9 heteroatoms. The summed E-state index contributed by atoms with van der Waals surface area (Å²) in [6, 6.07) is 12.5. The van der Waals surface area contributed by atoms with Gasteiger partial charge in [0.05, 0.1) is 16.1 Å². The van der Waals surface area contributed by atoms with E-state index in [1.54, 1.807) is 12.1 Å². The molecule has 0 spiro atoms. The molecular formula is C16H15IN2O5S. The molecule has 0 bridgehead atoms. The van der Waals surface area contributed by atoms with Gasteiger partial charge in [-0.1, -0.05) is 18.2 Å². The largest absolute Gasteiger partial charge is 0.452 e. The molecule has 0 aliphatic heterocycles. The van der Waals surface area contributed by atoms with Crippen molar-refractivity contribution in [2.75, 3.05) is 19.0 Å². The highest BCUT2D eigenvalue weighted by Crippen LogP contribution is 2.17. The zero-order valence-electron chi connectivity index (χ0n) is 13.2. The molecule has 0 aliphatic carbocycles. The summed E-state index contributed by atoms with van der Waals surface area (Å²) in [6.07, 6.45) is 0. The SMILES string of the molecule is CNS(=O)(=O)c1cccc(C(=O)OCC(=O)Nc2ccccc2I)c1. The third-order valence-electron chi connectivity index (χ3n) is 3.13. The Morgan fingerprint density at radius 2 is 1.84 bits per heavy atom. The molecule has 1 amide bonds. The predicted molar refractivity (Wildman–Crippen MR) is 101 cm³/mol. The quantitative estimate of drug-likeness (QED) is 0.493. The van der Waals surface area contributed by atoms with Crippen LogP contribution in [0.3, 0.4) is 0 Å². The van der Waals surface area contributed by atoms with Crippen molar-refractivity contribution in [3.8, 4) is 0 Å². The number of esters is 1. The Morgan fingerprint density at radius 1 is 1.12 bits per heavy atom. The molecule has 132 valence electrons. The van der Waals surface area contributed by atoms with Crippen molar-refractivity contribution >= 4 is 50.2 Å². The van der Waals surface area contributed by atoms with Crippen LogP contribution in [-0.4, -0.2) is 33.9 Å². The summed E-state index contributed by atoms with van der Waals surface area (Å²) in [6.45, 7) is -0.479. The summed E-state index contributed by atoms with van der Waals surface area (Å²) in [5.74, 6) is -1.28. The molecule has 25 heavy (non-hydrogen) atoms. The first-order valence-electron chi connectivity index (χ1n) is 7.08. The normalized spacial score (nSPS) is 11.0. The number of nitrogens with one attached hydrogen (secondary N) is 2. The fraction of sp³-hybridized carbons (Fsp3) is 0.125. The van der Waals surface area contributed by atoms with Crippen LogP contribution in [-0.2, 0) is 19.6 Å². The van der Waals surface area contributed by atoms with E-state index in [1.165, 1.54) is 31.3 Å². The molecule has 0 saturated heterocycles. The highest BCUT2D eigenvalue weighted by molar-refractivity contribution is 14.1. The van der Waals surface area contributed by atoms with E-state index in [2.05, 4.69) is 32.6 Å². The number of amides is 1. The van der Waals surface area contributed by atoms with Gasteiger partial charge in [-0.2, -0.15) is 0 Å². The number of hydrogen-bond acceptors (Lipinski definition) is 5. The third-order valence-corrected chi connectivity index (χ3v) is 5.48. The van der Waals surface area contributed by atoms with Crippen molar-refractivity contribution in [2.45, 2.75) is 4.90 Å². The molecule has 0 atom stereocenters. The molecule has 0 unspecified atom stereocenters. The van der Waals surface area contributed by atoms with E-state index >= 15 is 0 Å². The molecule has 0 radical (unpaired) electrons. The van der Waals surface area contributed by atoms with Crippen LogP contribution in [0.15, 0.2) is 53.4 Å². The Kier molecular flexibility index (Phi) is 6.51. The summed E-state index contributed by atoms with van der Waals surface area (Å²) < 4.78 is 31.4. The zero-order chi connectivity index (χ0) is 18.4. The van der Waals surface area contributed by atoms with Crippen LogP contribution in [0.2, 0.25) is 0 Å². The van der Waals surface area contributed by atoms with Crippen molar-refractivity contribution in [3.63, 3.8) is 0 Å². The summed E-state index contributed by atoms with van der Waals surface area (Å²) in [5.41, 5.74) is 0.657. The number of para-hydroxylation sites is 1. The second-order valence-electron chi connectivity index (χ2n) is 4.84. The molecule has 2 N–H and O–H groups in total. The van der Waals surface area contributed by atoms with Crippen LogP contribution in [0.1, 0.15) is 10.4 Å². The fourth-order valence-electron chi connectivity index (χ4n) is 1.87. The molecule has 7 nitrogen and oxygen atoms in total.